The van der Waals surface area contributed by atoms with E-state index in [0.29, 0.717) is 12.5 Å². The molecule has 0 saturated carbocycles. The summed E-state index contributed by atoms with van der Waals surface area (Å²) in [7, 11) is 0. The molecule has 0 aromatic heterocycles. The molecule has 0 aromatic carbocycles. The molecule has 0 radical (unpaired) electrons. The second kappa shape index (κ2) is 4.60. The lowest BCUT2D eigenvalue weighted by atomic mass is 10.1. The fraction of sp³-hybridized carbons (Fsp3) is 1.00. The first-order valence-corrected chi connectivity index (χ1v) is 5.90. The van der Waals surface area contributed by atoms with Crippen LogP contribution < -0.4 is 0 Å². The maximum atomic E-state index is 9.09. The summed E-state index contributed by atoms with van der Waals surface area (Å²) in [6.45, 7) is 8.64. The summed E-state index contributed by atoms with van der Waals surface area (Å²) in [5.41, 5.74) is 0. The molecule has 2 saturated heterocycles. The van der Waals surface area contributed by atoms with Crippen molar-refractivity contribution >= 4 is 0 Å². The molecule has 3 nitrogen and oxygen atoms in total. The zero-order chi connectivity index (χ0) is 9.97. The van der Waals surface area contributed by atoms with E-state index in [2.05, 4.69) is 16.7 Å². The van der Waals surface area contributed by atoms with Crippen molar-refractivity contribution in [2.24, 2.45) is 5.92 Å². The van der Waals surface area contributed by atoms with E-state index in [4.69, 9.17) is 5.11 Å². The van der Waals surface area contributed by atoms with Gasteiger partial charge in [0.1, 0.15) is 0 Å². The normalized spacial score (nSPS) is 35.6. The third kappa shape index (κ3) is 2.10. The van der Waals surface area contributed by atoms with E-state index in [1.54, 1.807) is 0 Å². The summed E-state index contributed by atoms with van der Waals surface area (Å²) >= 11 is 0. The molecule has 0 aromatic rings. The van der Waals surface area contributed by atoms with Crippen LogP contribution in [0.4, 0.5) is 0 Å². The summed E-state index contributed by atoms with van der Waals surface area (Å²) in [6, 6.07) is 0.770. The maximum absolute atomic E-state index is 9.09. The minimum atomic E-state index is 0.376. The molecule has 2 aliphatic heterocycles. The van der Waals surface area contributed by atoms with Crippen LogP contribution in [0.1, 0.15) is 19.8 Å². The Labute approximate surface area is 86.7 Å². The maximum Gasteiger partial charge on any atom is 0.0471 e. The molecule has 2 atom stereocenters. The second-order valence-electron chi connectivity index (χ2n) is 4.67. The Morgan fingerprint density at radius 2 is 2.07 bits per heavy atom. The molecular formula is C11H22N2O. The highest BCUT2D eigenvalue weighted by Gasteiger charge is 2.31. The molecular weight excluding hydrogens is 176 g/mol. The van der Waals surface area contributed by atoms with Gasteiger partial charge in [-0.15, -0.1) is 0 Å². The van der Waals surface area contributed by atoms with Gasteiger partial charge in [0.15, 0.2) is 0 Å². The average molecular weight is 198 g/mol. The van der Waals surface area contributed by atoms with Crippen molar-refractivity contribution in [2.45, 2.75) is 25.8 Å². The van der Waals surface area contributed by atoms with Crippen molar-refractivity contribution in [3.63, 3.8) is 0 Å². The monoisotopic (exact) mass is 198 g/mol. The van der Waals surface area contributed by atoms with E-state index in [1.807, 2.05) is 0 Å². The topological polar surface area (TPSA) is 26.7 Å². The van der Waals surface area contributed by atoms with E-state index < -0.39 is 0 Å². The van der Waals surface area contributed by atoms with Crippen molar-refractivity contribution in [1.29, 1.82) is 0 Å². The fourth-order valence-corrected chi connectivity index (χ4v) is 2.74. The number of likely N-dealkylation sites (N-methyl/N-ethyl adjacent to an activating group) is 1. The molecule has 2 aliphatic rings. The molecule has 82 valence electrons. The van der Waals surface area contributed by atoms with Crippen LogP contribution in [0.5, 0.6) is 0 Å². The standard InChI is InChI=1S/C11H22N2O/c1-2-12-5-4-11(8-12)13-6-3-10(7-13)9-14/h10-11,14H,2-9H2,1H3. The van der Waals surface area contributed by atoms with Crippen molar-refractivity contribution < 1.29 is 5.11 Å². The third-order valence-corrected chi connectivity index (χ3v) is 3.79. The number of likely N-dealkylation sites (tertiary alicyclic amines) is 2. The lowest BCUT2D eigenvalue weighted by molar-refractivity contribution is 0.196. The third-order valence-electron chi connectivity index (χ3n) is 3.79. The van der Waals surface area contributed by atoms with Gasteiger partial charge in [0.25, 0.3) is 0 Å². The summed E-state index contributed by atoms with van der Waals surface area (Å²) in [6.07, 6.45) is 2.52. The van der Waals surface area contributed by atoms with Crippen molar-refractivity contribution in [3.8, 4) is 0 Å². The summed E-state index contributed by atoms with van der Waals surface area (Å²) < 4.78 is 0. The highest BCUT2D eigenvalue weighted by atomic mass is 16.3. The Balaban J connectivity index is 1.80. The number of rotatable bonds is 3. The van der Waals surface area contributed by atoms with Gasteiger partial charge in [-0.2, -0.15) is 0 Å². The van der Waals surface area contributed by atoms with Gasteiger partial charge in [0.2, 0.25) is 0 Å². The molecule has 2 fully saturated rings. The molecule has 2 rings (SSSR count). The first kappa shape index (κ1) is 10.4. The van der Waals surface area contributed by atoms with Gasteiger partial charge in [-0.1, -0.05) is 6.92 Å². The van der Waals surface area contributed by atoms with Gasteiger partial charge in [0, 0.05) is 25.7 Å². The van der Waals surface area contributed by atoms with Gasteiger partial charge in [0.05, 0.1) is 0 Å². The molecule has 0 bridgehead atoms. The molecule has 0 amide bonds. The van der Waals surface area contributed by atoms with Crippen LogP contribution in [0, 0.1) is 5.92 Å². The number of hydrogen-bond acceptors (Lipinski definition) is 3. The number of aliphatic hydroxyl groups excluding tert-OH is 1. The first-order valence-electron chi connectivity index (χ1n) is 5.90. The Bertz CT molecular complexity index is 166. The second-order valence-corrected chi connectivity index (χ2v) is 4.67. The van der Waals surface area contributed by atoms with Crippen LogP contribution in [-0.4, -0.2) is 60.3 Å². The quantitative estimate of drug-likeness (QED) is 0.711. The largest absolute Gasteiger partial charge is 0.396 e. The van der Waals surface area contributed by atoms with Gasteiger partial charge in [-0.3, -0.25) is 4.90 Å². The predicted octanol–water partition coefficient (Wildman–Crippen LogP) is 0.395. The van der Waals surface area contributed by atoms with Crippen molar-refractivity contribution in [3.05, 3.63) is 0 Å². The number of nitrogens with zero attached hydrogens (tertiary/aromatic N) is 2. The number of aliphatic hydroxyl groups is 1. The lowest BCUT2D eigenvalue weighted by Gasteiger charge is -2.23. The Hall–Kier alpha value is -0.120. The lowest BCUT2D eigenvalue weighted by Crippen LogP contribution is -2.36. The van der Waals surface area contributed by atoms with Gasteiger partial charge in [-0.05, 0) is 38.4 Å². The smallest absolute Gasteiger partial charge is 0.0471 e. The molecule has 2 heterocycles. The molecule has 14 heavy (non-hydrogen) atoms. The number of hydrogen-bond donors (Lipinski definition) is 1. The molecule has 2 unspecified atom stereocenters. The van der Waals surface area contributed by atoms with Crippen LogP contribution in [0.2, 0.25) is 0 Å². The van der Waals surface area contributed by atoms with E-state index in [-0.39, 0.29) is 0 Å². The van der Waals surface area contributed by atoms with Crippen LogP contribution in [0.3, 0.4) is 0 Å². The van der Waals surface area contributed by atoms with Crippen molar-refractivity contribution in [2.75, 3.05) is 39.3 Å². The molecule has 0 spiro atoms. The van der Waals surface area contributed by atoms with E-state index >= 15 is 0 Å². The fourth-order valence-electron chi connectivity index (χ4n) is 2.74. The highest BCUT2D eigenvalue weighted by molar-refractivity contribution is 4.87. The Morgan fingerprint density at radius 3 is 2.64 bits per heavy atom. The van der Waals surface area contributed by atoms with Crippen LogP contribution in [0.15, 0.2) is 0 Å². The Kier molecular flexibility index (Phi) is 3.42. The summed E-state index contributed by atoms with van der Waals surface area (Å²) in [5.74, 6) is 0.547. The first-order chi connectivity index (χ1) is 6.83. The summed E-state index contributed by atoms with van der Waals surface area (Å²) in [4.78, 5) is 5.10. The molecule has 1 N–H and O–H groups in total. The zero-order valence-corrected chi connectivity index (χ0v) is 9.15. The van der Waals surface area contributed by atoms with Gasteiger partial charge >= 0.3 is 0 Å². The minimum Gasteiger partial charge on any atom is -0.396 e. The predicted molar refractivity (Wildman–Crippen MR) is 57.3 cm³/mol. The SMILES string of the molecule is CCN1CCC(N2CCC(CO)C2)C1. The van der Waals surface area contributed by atoms with Crippen LogP contribution in [0.25, 0.3) is 0 Å². The van der Waals surface area contributed by atoms with E-state index in [1.165, 1.54) is 39.0 Å². The highest BCUT2D eigenvalue weighted by Crippen LogP contribution is 2.23. The van der Waals surface area contributed by atoms with E-state index in [0.717, 1.165) is 12.6 Å². The molecule has 0 aliphatic carbocycles. The average Bonchev–Trinajstić information content (AvgIpc) is 2.86. The minimum absolute atomic E-state index is 0.376. The van der Waals surface area contributed by atoms with Gasteiger partial charge in [-0.25, -0.2) is 0 Å². The van der Waals surface area contributed by atoms with Crippen molar-refractivity contribution in [1.82, 2.24) is 9.80 Å². The van der Waals surface area contributed by atoms with Gasteiger partial charge < -0.3 is 10.0 Å². The zero-order valence-electron chi connectivity index (χ0n) is 9.15. The van der Waals surface area contributed by atoms with Crippen LogP contribution >= 0.6 is 0 Å². The Morgan fingerprint density at radius 1 is 1.21 bits per heavy atom. The summed E-state index contributed by atoms with van der Waals surface area (Å²) in [5, 5.41) is 9.09. The van der Waals surface area contributed by atoms with E-state index in [9.17, 15) is 0 Å². The van der Waals surface area contributed by atoms with Crippen LogP contribution in [-0.2, 0) is 0 Å². The molecule has 3 heteroatoms.